The number of ether oxygens (including phenoxy) is 1. The first kappa shape index (κ1) is 17.4. The van der Waals surface area contributed by atoms with Crippen molar-refractivity contribution in [2.75, 3.05) is 6.61 Å². The van der Waals surface area contributed by atoms with Gasteiger partial charge in [0.25, 0.3) is 0 Å². The Morgan fingerprint density at radius 2 is 1.67 bits per heavy atom. The third kappa shape index (κ3) is 7.64. The van der Waals surface area contributed by atoms with Gasteiger partial charge in [-0.05, 0) is 31.4 Å². The molecule has 0 aromatic heterocycles. The van der Waals surface area contributed by atoms with Gasteiger partial charge in [0.05, 0.1) is 12.2 Å². The van der Waals surface area contributed by atoms with Crippen LogP contribution in [0.4, 0.5) is 4.39 Å². The Morgan fingerprint density at radius 3 is 2.33 bits per heavy atom. The van der Waals surface area contributed by atoms with Crippen LogP contribution in [0.25, 0.3) is 0 Å². The predicted molar refractivity (Wildman–Crippen MR) is 83.8 cm³/mol. The molecule has 0 aliphatic heterocycles. The summed E-state index contributed by atoms with van der Waals surface area (Å²) in [5.74, 6) is -1.10. The fourth-order valence-corrected chi connectivity index (χ4v) is 2.14. The Balaban J connectivity index is 2.01. The first-order valence-corrected chi connectivity index (χ1v) is 7.78. The lowest BCUT2D eigenvalue weighted by Crippen LogP contribution is -2.08. The minimum Gasteiger partial charge on any atom is -0.462 e. The predicted octanol–water partition coefficient (Wildman–Crippen LogP) is 5.29. The Kier molecular flexibility index (Phi) is 9.18. The van der Waals surface area contributed by atoms with Gasteiger partial charge in [-0.1, -0.05) is 50.3 Å². The van der Waals surface area contributed by atoms with Crippen molar-refractivity contribution in [1.82, 2.24) is 0 Å². The third-order valence-corrected chi connectivity index (χ3v) is 3.38. The zero-order chi connectivity index (χ0) is 15.3. The van der Waals surface area contributed by atoms with Gasteiger partial charge in [-0.25, -0.2) is 9.18 Å². The number of allylic oxidation sites excluding steroid dienone is 1. The van der Waals surface area contributed by atoms with Gasteiger partial charge in [-0.3, -0.25) is 0 Å². The van der Waals surface area contributed by atoms with Crippen molar-refractivity contribution in [3.8, 4) is 0 Å². The Labute approximate surface area is 127 Å². The van der Waals surface area contributed by atoms with Crippen LogP contribution in [0.3, 0.4) is 0 Å². The number of esters is 1. The van der Waals surface area contributed by atoms with E-state index in [-0.39, 0.29) is 5.56 Å². The molecular weight excluding hydrogens is 267 g/mol. The van der Waals surface area contributed by atoms with Crippen LogP contribution in [0.2, 0.25) is 0 Å². The monoisotopic (exact) mass is 292 g/mol. The van der Waals surface area contributed by atoms with Gasteiger partial charge >= 0.3 is 5.97 Å². The second-order valence-electron chi connectivity index (χ2n) is 5.17. The molecule has 0 amide bonds. The van der Waals surface area contributed by atoms with Gasteiger partial charge < -0.3 is 4.74 Å². The quantitative estimate of drug-likeness (QED) is 0.315. The van der Waals surface area contributed by atoms with Crippen molar-refractivity contribution in [1.29, 1.82) is 0 Å². The fraction of sp³-hybridized carbons (Fsp3) is 0.500. The summed E-state index contributed by atoms with van der Waals surface area (Å²) in [6.07, 6.45) is 11.1. The molecule has 21 heavy (non-hydrogen) atoms. The summed E-state index contributed by atoms with van der Waals surface area (Å²) in [7, 11) is 0. The number of unbranched alkanes of at least 4 members (excludes halogenated alkanes) is 7. The van der Waals surface area contributed by atoms with E-state index >= 15 is 0 Å². The molecule has 1 aromatic rings. The molecule has 0 aliphatic rings. The van der Waals surface area contributed by atoms with Crippen LogP contribution in [0, 0.1) is 5.82 Å². The molecule has 0 radical (unpaired) electrons. The van der Waals surface area contributed by atoms with Crippen LogP contribution in [-0.4, -0.2) is 12.6 Å². The van der Waals surface area contributed by atoms with Gasteiger partial charge in [0.15, 0.2) is 0 Å². The van der Waals surface area contributed by atoms with E-state index in [0.29, 0.717) is 6.61 Å². The van der Waals surface area contributed by atoms with Crippen molar-refractivity contribution in [3.63, 3.8) is 0 Å². The largest absolute Gasteiger partial charge is 0.462 e. The Morgan fingerprint density at radius 1 is 1.05 bits per heavy atom. The molecular formula is C18H25FO2. The smallest absolute Gasteiger partial charge is 0.341 e. The number of carbonyl (C=O) groups is 1. The van der Waals surface area contributed by atoms with E-state index in [2.05, 4.69) is 6.58 Å². The van der Waals surface area contributed by atoms with Gasteiger partial charge in [0.2, 0.25) is 0 Å². The van der Waals surface area contributed by atoms with Crippen LogP contribution < -0.4 is 0 Å². The highest BCUT2D eigenvalue weighted by Gasteiger charge is 2.11. The topological polar surface area (TPSA) is 26.3 Å². The molecule has 1 rings (SSSR count). The van der Waals surface area contributed by atoms with E-state index in [0.717, 1.165) is 25.7 Å². The normalized spacial score (nSPS) is 10.3. The van der Waals surface area contributed by atoms with Crippen molar-refractivity contribution >= 4 is 5.97 Å². The minimum absolute atomic E-state index is 0.0136. The van der Waals surface area contributed by atoms with Gasteiger partial charge in [-0.15, -0.1) is 6.58 Å². The fourth-order valence-electron chi connectivity index (χ4n) is 2.14. The summed E-state index contributed by atoms with van der Waals surface area (Å²) in [6, 6.07) is 5.90. The van der Waals surface area contributed by atoms with Crippen LogP contribution in [-0.2, 0) is 4.74 Å². The third-order valence-electron chi connectivity index (χ3n) is 3.38. The average Bonchev–Trinajstić information content (AvgIpc) is 2.49. The summed E-state index contributed by atoms with van der Waals surface area (Å²) in [5.41, 5.74) is 0.0136. The first-order chi connectivity index (χ1) is 10.3. The molecule has 0 N–H and O–H groups in total. The molecule has 0 saturated heterocycles. The molecule has 0 aliphatic carbocycles. The Bertz CT molecular complexity index is 429. The highest BCUT2D eigenvalue weighted by molar-refractivity contribution is 5.89. The van der Waals surface area contributed by atoms with E-state index in [9.17, 15) is 9.18 Å². The molecule has 116 valence electrons. The zero-order valence-electron chi connectivity index (χ0n) is 12.7. The van der Waals surface area contributed by atoms with Crippen molar-refractivity contribution in [2.24, 2.45) is 0 Å². The number of rotatable bonds is 11. The molecule has 0 spiro atoms. The minimum atomic E-state index is -0.572. The molecule has 3 heteroatoms. The molecule has 0 heterocycles. The second-order valence-corrected chi connectivity index (χ2v) is 5.17. The maximum absolute atomic E-state index is 13.3. The summed E-state index contributed by atoms with van der Waals surface area (Å²) >= 11 is 0. The first-order valence-electron chi connectivity index (χ1n) is 7.78. The highest BCUT2D eigenvalue weighted by Crippen LogP contribution is 2.10. The SMILES string of the molecule is C=CCCCCCCCCCOC(=O)c1ccccc1F. The van der Waals surface area contributed by atoms with E-state index < -0.39 is 11.8 Å². The lowest BCUT2D eigenvalue weighted by molar-refractivity contribution is 0.0492. The van der Waals surface area contributed by atoms with Crippen LogP contribution in [0.15, 0.2) is 36.9 Å². The number of hydrogen-bond donors (Lipinski definition) is 0. The number of halogens is 1. The van der Waals surface area contributed by atoms with Crippen molar-refractivity contribution < 1.29 is 13.9 Å². The average molecular weight is 292 g/mol. The molecule has 0 bridgehead atoms. The van der Waals surface area contributed by atoms with Gasteiger partial charge in [0, 0.05) is 0 Å². The summed E-state index contributed by atoms with van der Waals surface area (Å²) < 4.78 is 18.4. The van der Waals surface area contributed by atoms with E-state index in [1.54, 1.807) is 12.1 Å². The van der Waals surface area contributed by atoms with Gasteiger partial charge in [-0.2, -0.15) is 0 Å². The maximum Gasteiger partial charge on any atom is 0.341 e. The van der Waals surface area contributed by atoms with Crippen molar-refractivity contribution in [2.45, 2.75) is 51.4 Å². The summed E-state index contributed by atoms with van der Waals surface area (Å²) in [4.78, 5) is 11.6. The summed E-state index contributed by atoms with van der Waals surface area (Å²) in [6.45, 7) is 4.07. The van der Waals surface area contributed by atoms with Crippen LogP contribution in [0.5, 0.6) is 0 Å². The standard InChI is InChI=1S/C18H25FO2/c1-2-3-4-5-6-7-8-9-12-15-21-18(20)16-13-10-11-14-17(16)19/h2,10-11,13-14H,1,3-9,12,15H2. The molecule has 0 unspecified atom stereocenters. The van der Waals surface area contributed by atoms with Crippen molar-refractivity contribution in [3.05, 3.63) is 48.3 Å². The number of hydrogen-bond acceptors (Lipinski definition) is 2. The maximum atomic E-state index is 13.3. The van der Waals surface area contributed by atoms with E-state index in [1.807, 2.05) is 6.08 Å². The highest BCUT2D eigenvalue weighted by atomic mass is 19.1. The van der Waals surface area contributed by atoms with Crippen LogP contribution >= 0.6 is 0 Å². The molecule has 0 fully saturated rings. The lowest BCUT2D eigenvalue weighted by atomic mass is 10.1. The van der Waals surface area contributed by atoms with E-state index in [1.165, 1.54) is 37.8 Å². The molecule has 1 aromatic carbocycles. The van der Waals surface area contributed by atoms with Gasteiger partial charge in [0.1, 0.15) is 5.82 Å². The van der Waals surface area contributed by atoms with Crippen LogP contribution in [0.1, 0.15) is 61.7 Å². The lowest BCUT2D eigenvalue weighted by Gasteiger charge is -2.05. The summed E-state index contributed by atoms with van der Waals surface area (Å²) in [5, 5.41) is 0. The van der Waals surface area contributed by atoms with E-state index in [4.69, 9.17) is 4.74 Å². The Hall–Kier alpha value is -1.64. The molecule has 0 atom stereocenters. The molecule has 2 nitrogen and oxygen atoms in total. The number of benzene rings is 1. The second kappa shape index (κ2) is 11.1. The zero-order valence-corrected chi connectivity index (χ0v) is 12.7. The number of carbonyl (C=O) groups excluding carboxylic acids is 1. The molecule has 0 saturated carbocycles.